The minimum atomic E-state index is 0.0462. The number of piperazine rings is 1. The number of hydrogen-bond acceptors (Lipinski definition) is 5. The molecule has 116 valence electrons. The quantitative estimate of drug-likeness (QED) is 0.928. The molecule has 1 aromatic heterocycles. The normalized spacial score (nSPS) is 18.5. The number of benzene rings is 1. The van der Waals surface area contributed by atoms with Crippen molar-refractivity contribution in [2.45, 2.75) is 26.3 Å². The maximum absolute atomic E-state index is 12.3. The molecule has 3 rings (SSSR count). The molecule has 0 spiro atoms. The van der Waals surface area contributed by atoms with Gasteiger partial charge in [0.25, 0.3) is 5.89 Å². The summed E-state index contributed by atoms with van der Waals surface area (Å²) in [6, 6.07) is 8.18. The SMILES string of the molecule is Cc1cccc(-c2nc(CC(=O)N3CCNC(C)C3)no2)c1. The van der Waals surface area contributed by atoms with Gasteiger partial charge >= 0.3 is 0 Å². The lowest BCUT2D eigenvalue weighted by atomic mass is 10.1. The largest absolute Gasteiger partial charge is 0.339 e. The van der Waals surface area contributed by atoms with Crippen molar-refractivity contribution in [1.29, 1.82) is 0 Å². The molecular weight excluding hydrogens is 280 g/mol. The lowest BCUT2D eigenvalue weighted by molar-refractivity contribution is -0.131. The molecule has 0 aliphatic carbocycles. The second-order valence-corrected chi connectivity index (χ2v) is 5.76. The molecule has 1 aliphatic rings. The molecule has 22 heavy (non-hydrogen) atoms. The molecule has 1 unspecified atom stereocenters. The molecule has 1 atom stereocenters. The third-order valence-electron chi connectivity index (χ3n) is 3.76. The minimum absolute atomic E-state index is 0.0462. The Morgan fingerprint density at radius 2 is 2.36 bits per heavy atom. The zero-order valence-electron chi connectivity index (χ0n) is 12.9. The average Bonchev–Trinajstić information content (AvgIpc) is 2.96. The van der Waals surface area contributed by atoms with Gasteiger partial charge in [0.15, 0.2) is 5.82 Å². The maximum atomic E-state index is 12.3. The number of aromatic nitrogens is 2. The minimum Gasteiger partial charge on any atom is -0.339 e. The van der Waals surface area contributed by atoms with Crippen LogP contribution in [0.1, 0.15) is 18.3 Å². The number of aryl methyl sites for hydroxylation is 1. The first-order valence-corrected chi connectivity index (χ1v) is 7.52. The Labute approximate surface area is 129 Å². The van der Waals surface area contributed by atoms with Crippen LogP contribution in [0.4, 0.5) is 0 Å². The first-order valence-electron chi connectivity index (χ1n) is 7.52. The van der Waals surface area contributed by atoms with Gasteiger partial charge in [-0.2, -0.15) is 4.98 Å². The standard InChI is InChI=1S/C16H20N4O2/c1-11-4-3-5-13(8-11)16-18-14(19-22-16)9-15(21)20-7-6-17-12(2)10-20/h3-5,8,12,17H,6-7,9-10H2,1-2H3. The van der Waals surface area contributed by atoms with Crippen LogP contribution in [0.25, 0.3) is 11.5 Å². The monoisotopic (exact) mass is 300 g/mol. The molecule has 1 fully saturated rings. The molecule has 0 radical (unpaired) electrons. The summed E-state index contributed by atoms with van der Waals surface area (Å²) in [4.78, 5) is 18.5. The Bertz CT molecular complexity index is 668. The summed E-state index contributed by atoms with van der Waals surface area (Å²) in [7, 11) is 0. The first-order chi connectivity index (χ1) is 10.6. The van der Waals surface area contributed by atoms with E-state index < -0.39 is 0 Å². The summed E-state index contributed by atoms with van der Waals surface area (Å²) >= 11 is 0. The van der Waals surface area contributed by atoms with Crippen LogP contribution in [0, 0.1) is 6.92 Å². The zero-order valence-corrected chi connectivity index (χ0v) is 12.9. The summed E-state index contributed by atoms with van der Waals surface area (Å²) in [6.07, 6.45) is 0.183. The van der Waals surface area contributed by atoms with E-state index in [9.17, 15) is 4.79 Å². The van der Waals surface area contributed by atoms with Crippen molar-refractivity contribution in [2.75, 3.05) is 19.6 Å². The number of rotatable bonds is 3. The van der Waals surface area contributed by atoms with E-state index in [2.05, 4.69) is 22.4 Å². The van der Waals surface area contributed by atoms with Crippen molar-refractivity contribution < 1.29 is 9.32 Å². The van der Waals surface area contributed by atoms with Gasteiger partial charge in [0.1, 0.15) is 0 Å². The Kier molecular flexibility index (Phi) is 4.20. The zero-order chi connectivity index (χ0) is 15.5. The van der Waals surface area contributed by atoms with E-state index in [1.165, 1.54) is 0 Å². The third kappa shape index (κ3) is 3.33. The van der Waals surface area contributed by atoms with Crippen LogP contribution < -0.4 is 5.32 Å². The molecule has 0 saturated carbocycles. The number of nitrogens with one attached hydrogen (secondary N) is 1. The average molecular weight is 300 g/mol. The molecule has 1 aliphatic heterocycles. The third-order valence-corrected chi connectivity index (χ3v) is 3.76. The van der Waals surface area contributed by atoms with E-state index in [1.54, 1.807) is 0 Å². The highest BCUT2D eigenvalue weighted by Crippen LogP contribution is 2.18. The number of carbonyl (C=O) groups excluding carboxylic acids is 1. The second kappa shape index (κ2) is 6.27. The van der Waals surface area contributed by atoms with Crippen LogP contribution in [0.15, 0.2) is 28.8 Å². The first kappa shape index (κ1) is 14.7. The van der Waals surface area contributed by atoms with Gasteiger partial charge in [0.2, 0.25) is 5.91 Å². The number of hydrogen-bond donors (Lipinski definition) is 1. The van der Waals surface area contributed by atoms with Crippen molar-refractivity contribution in [3.05, 3.63) is 35.7 Å². The van der Waals surface area contributed by atoms with Gasteiger partial charge in [-0.05, 0) is 26.0 Å². The molecule has 2 aromatic rings. The Balaban J connectivity index is 1.68. The summed E-state index contributed by atoms with van der Waals surface area (Å²) in [5.74, 6) is 0.942. The highest BCUT2D eigenvalue weighted by atomic mass is 16.5. The topological polar surface area (TPSA) is 71.3 Å². The van der Waals surface area contributed by atoms with Crippen LogP contribution in [0.2, 0.25) is 0 Å². The smallest absolute Gasteiger partial charge is 0.257 e. The van der Waals surface area contributed by atoms with E-state index in [0.29, 0.717) is 17.8 Å². The van der Waals surface area contributed by atoms with Crippen LogP contribution >= 0.6 is 0 Å². The number of amides is 1. The molecule has 1 N–H and O–H groups in total. The molecule has 2 heterocycles. The van der Waals surface area contributed by atoms with Crippen molar-refractivity contribution in [3.8, 4) is 11.5 Å². The second-order valence-electron chi connectivity index (χ2n) is 5.76. The van der Waals surface area contributed by atoms with Crippen molar-refractivity contribution >= 4 is 5.91 Å². The fourth-order valence-corrected chi connectivity index (χ4v) is 2.63. The molecule has 6 nitrogen and oxygen atoms in total. The summed E-state index contributed by atoms with van der Waals surface area (Å²) < 4.78 is 5.27. The van der Waals surface area contributed by atoms with Gasteiger partial charge in [-0.1, -0.05) is 22.9 Å². The van der Waals surface area contributed by atoms with E-state index in [0.717, 1.165) is 30.8 Å². The van der Waals surface area contributed by atoms with Gasteiger partial charge in [0.05, 0.1) is 6.42 Å². The lowest BCUT2D eigenvalue weighted by Gasteiger charge is -2.31. The lowest BCUT2D eigenvalue weighted by Crippen LogP contribution is -2.51. The highest BCUT2D eigenvalue weighted by molar-refractivity contribution is 5.78. The molecule has 0 bridgehead atoms. The Hall–Kier alpha value is -2.21. The van der Waals surface area contributed by atoms with Gasteiger partial charge in [-0.25, -0.2) is 0 Å². The summed E-state index contributed by atoms with van der Waals surface area (Å²) in [5.41, 5.74) is 2.00. The molecule has 1 saturated heterocycles. The van der Waals surface area contributed by atoms with Crippen LogP contribution in [0.3, 0.4) is 0 Å². The summed E-state index contributed by atoms with van der Waals surface area (Å²) in [6.45, 7) is 6.36. The fraction of sp³-hybridized carbons (Fsp3) is 0.438. The molecule has 1 amide bonds. The predicted octanol–water partition coefficient (Wildman–Crippen LogP) is 1.41. The predicted molar refractivity (Wildman–Crippen MR) is 82.2 cm³/mol. The Morgan fingerprint density at radius 3 is 3.14 bits per heavy atom. The molecular formula is C16H20N4O2. The molecule has 6 heteroatoms. The van der Waals surface area contributed by atoms with Gasteiger partial charge in [-0.3, -0.25) is 4.79 Å². The van der Waals surface area contributed by atoms with Gasteiger partial charge in [0, 0.05) is 31.2 Å². The van der Waals surface area contributed by atoms with Crippen molar-refractivity contribution in [1.82, 2.24) is 20.4 Å². The van der Waals surface area contributed by atoms with E-state index in [4.69, 9.17) is 4.52 Å². The highest BCUT2D eigenvalue weighted by Gasteiger charge is 2.22. The van der Waals surface area contributed by atoms with Crippen molar-refractivity contribution in [3.63, 3.8) is 0 Å². The Morgan fingerprint density at radius 1 is 1.50 bits per heavy atom. The van der Waals surface area contributed by atoms with Crippen molar-refractivity contribution in [2.24, 2.45) is 0 Å². The van der Waals surface area contributed by atoms with Crippen LogP contribution in [0.5, 0.6) is 0 Å². The number of carbonyl (C=O) groups is 1. The van der Waals surface area contributed by atoms with E-state index >= 15 is 0 Å². The van der Waals surface area contributed by atoms with E-state index in [1.807, 2.05) is 36.1 Å². The summed E-state index contributed by atoms with van der Waals surface area (Å²) in [5, 5.41) is 7.24. The number of nitrogens with zero attached hydrogens (tertiary/aromatic N) is 3. The molecule has 1 aromatic carbocycles. The van der Waals surface area contributed by atoms with E-state index in [-0.39, 0.29) is 12.3 Å². The van der Waals surface area contributed by atoms with Gasteiger partial charge < -0.3 is 14.7 Å². The van der Waals surface area contributed by atoms with Crippen LogP contribution in [-0.4, -0.2) is 46.6 Å². The fourth-order valence-electron chi connectivity index (χ4n) is 2.63. The van der Waals surface area contributed by atoms with Gasteiger partial charge in [-0.15, -0.1) is 0 Å². The maximum Gasteiger partial charge on any atom is 0.257 e. The van der Waals surface area contributed by atoms with Crippen LogP contribution in [-0.2, 0) is 11.2 Å².